The second kappa shape index (κ2) is 9.95. The van der Waals surface area contributed by atoms with Crippen molar-refractivity contribution in [3.05, 3.63) is 102 Å². The summed E-state index contributed by atoms with van der Waals surface area (Å²) < 4.78 is 25.6. The summed E-state index contributed by atoms with van der Waals surface area (Å²) in [5.41, 5.74) is 5.74. The Balaban J connectivity index is 1.30. The van der Waals surface area contributed by atoms with Crippen LogP contribution in [0.25, 0.3) is 44.5 Å². The van der Waals surface area contributed by atoms with Crippen LogP contribution in [0.15, 0.2) is 88.0 Å². The number of rotatable bonds is 6. The number of hydrogen-bond acceptors (Lipinski definition) is 6. The van der Waals surface area contributed by atoms with E-state index in [1.165, 1.54) is 12.1 Å². The number of nitrogens with zero attached hydrogens (tertiary/aromatic N) is 3. The van der Waals surface area contributed by atoms with Crippen molar-refractivity contribution in [3.8, 4) is 22.5 Å². The van der Waals surface area contributed by atoms with Gasteiger partial charge in [0.1, 0.15) is 22.7 Å². The Labute approximate surface area is 239 Å². The summed E-state index contributed by atoms with van der Waals surface area (Å²) in [6.07, 6.45) is 4.98. The number of oxazole rings is 1. The highest BCUT2D eigenvalue weighted by Crippen LogP contribution is 2.38. The van der Waals surface area contributed by atoms with Crippen LogP contribution in [0.1, 0.15) is 39.1 Å². The number of hydrogen-bond donors (Lipinski definition) is 1. The van der Waals surface area contributed by atoms with Gasteiger partial charge in [-0.3, -0.25) is 19.5 Å². The first-order valence-electron chi connectivity index (χ1n) is 13.6. The molecule has 208 valence electrons. The zero-order chi connectivity index (χ0) is 29.0. The summed E-state index contributed by atoms with van der Waals surface area (Å²) in [5, 5.41) is 3.30. The molecule has 0 saturated heterocycles. The molecule has 3 aromatic carbocycles. The van der Waals surface area contributed by atoms with Crippen molar-refractivity contribution in [2.75, 3.05) is 11.9 Å². The molecule has 6 aromatic rings. The first kappa shape index (κ1) is 25.6. The quantitative estimate of drug-likeness (QED) is 0.237. The van der Waals surface area contributed by atoms with Gasteiger partial charge in [0.05, 0.1) is 11.8 Å². The van der Waals surface area contributed by atoms with Crippen LogP contribution in [0.2, 0.25) is 0 Å². The van der Waals surface area contributed by atoms with Gasteiger partial charge >= 0.3 is 6.01 Å². The Morgan fingerprint density at radius 2 is 1.74 bits per heavy atom. The Bertz CT molecular complexity index is 1970. The minimum atomic E-state index is -0.378. The molecule has 7 rings (SSSR count). The standard InChI is InChI=1S/C33H25FN4O4/c1-18-3-4-21(32(40)38(23-10-11-23)33-37-26-17-36-14-13-28(26)42-33)16-24(18)20-7-12-27-25(15-20)29(31(39)35-2)30(41-27)19-5-8-22(34)9-6-19/h3-9,12-17,23H,10-11H2,1-2H3,(H,35,39). The van der Waals surface area contributed by atoms with E-state index >= 15 is 0 Å². The number of anilines is 1. The maximum absolute atomic E-state index is 13.9. The number of pyridine rings is 1. The molecule has 0 aliphatic heterocycles. The summed E-state index contributed by atoms with van der Waals surface area (Å²) in [4.78, 5) is 37.2. The Kier molecular flexibility index (Phi) is 6.08. The molecule has 1 aliphatic carbocycles. The van der Waals surface area contributed by atoms with E-state index in [0.29, 0.717) is 44.5 Å². The van der Waals surface area contributed by atoms with Crippen LogP contribution in [0, 0.1) is 12.7 Å². The lowest BCUT2D eigenvalue weighted by Crippen LogP contribution is -2.33. The van der Waals surface area contributed by atoms with Gasteiger partial charge in [0.15, 0.2) is 5.58 Å². The summed E-state index contributed by atoms with van der Waals surface area (Å²) >= 11 is 0. The van der Waals surface area contributed by atoms with Gasteiger partial charge in [-0.1, -0.05) is 12.1 Å². The van der Waals surface area contributed by atoms with E-state index in [1.807, 2.05) is 31.2 Å². The highest BCUT2D eigenvalue weighted by Gasteiger charge is 2.37. The van der Waals surface area contributed by atoms with Crippen LogP contribution in [0.5, 0.6) is 0 Å². The van der Waals surface area contributed by atoms with Gasteiger partial charge in [-0.25, -0.2) is 4.39 Å². The van der Waals surface area contributed by atoms with Crippen molar-refractivity contribution < 1.29 is 22.8 Å². The molecular weight excluding hydrogens is 535 g/mol. The maximum Gasteiger partial charge on any atom is 0.305 e. The van der Waals surface area contributed by atoms with E-state index in [2.05, 4.69) is 15.3 Å². The third kappa shape index (κ3) is 4.39. The van der Waals surface area contributed by atoms with Crippen LogP contribution in [-0.2, 0) is 0 Å². The lowest BCUT2D eigenvalue weighted by atomic mass is 9.95. The van der Waals surface area contributed by atoms with Crippen LogP contribution >= 0.6 is 0 Å². The number of amides is 2. The molecule has 0 atom stereocenters. The molecule has 1 saturated carbocycles. The summed E-state index contributed by atoms with van der Waals surface area (Å²) in [7, 11) is 1.55. The largest absolute Gasteiger partial charge is 0.455 e. The smallest absolute Gasteiger partial charge is 0.305 e. The molecule has 42 heavy (non-hydrogen) atoms. The van der Waals surface area contributed by atoms with Gasteiger partial charge in [-0.15, -0.1) is 0 Å². The van der Waals surface area contributed by atoms with Crippen molar-refractivity contribution in [1.82, 2.24) is 15.3 Å². The second-order valence-electron chi connectivity index (χ2n) is 10.4. The zero-order valence-corrected chi connectivity index (χ0v) is 22.8. The maximum atomic E-state index is 13.9. The molecule has 1 N–H and O–H groups in total. The lowest BCUT2D eigenvalue weighted by Gasteiger charge is -2.19. The van der Waals surface area contributed by atoms with Crippen LogP contribution in [0.3, 0.4) is 0 Å². The van der Waals surface area contributed by atoms with Gasteiger partial charge in [-0.2, -0.15) is 4.98 Å². The van der Waals surface area contributed by atoms with Crippen LogP contribution < -0.4 is 10.2 Å². The fourth-order valence-electron chi connectivity index (χ4n) is 5.24. The summed E-state index contributed by atoms with van der Waals surface area (Å²) in [6, 6.07) is 19.0. The van der Waals surface area contributed by atoms with E-state index in [1.54, 1.807) is 54.7 Å². The van der Waals surface area contributed by atoms with Gasteiger partial charge in [0, 0.05) is 41.9 Å². The number of furan rings is 1. The predicted octanol–water partition coefficient (Wildman–Crippen LogP) is 6.92. The SMILES string of the molecule is CNC(=O)c1c(-c2ccc(F)cc2)oc2ccc(-c3cc(C(=O)N(c4nc5cnccc5o4)C4CC4)ccc3C)cc12. The zero-order valence-electron chi connectivity index (χ0n) is 22.8. The number of fused-ring (bicyclic) bond motifs is 2. The van der Waals surface area contributed by atoms with Crippen molar-refractivity contribution in [3.63, 3.8) is 0 Å². The second-order valence-corrected chi connectivity index (χ2v) is 10.4. The monoisotopic (exact) mass is 560 g/mol. The average molecular weight is 561 g/mol. The van der Waals surface area contributed by atoms with Crippen LogP contribution in [-0.4, -0.2) is 34.9 Å². The molecule has 0 bridgehead atoms. The Morgan fingerprint density at radius 3 is 2.48 bits per heavy atom. The average Bonchev–Trinajstić information content (AvgIpc) is 3.62. The van der Waals surface area contributed by atoms with Crippen LogP contribution in [0.4, 0.5) is 10.4 Å². The first-order valence-corrected chi connectivity index (χ1v) is 13.6. The lowest BCUT2D eigenvalue weighted by molar-refractivity contribution is 0.0961. The van der Waals surface area contributed by atoms with Gasteiger partial charge < -0.3 is 14.2 Å². The normalized spacial score (nSPS) is 13.0. The highest BCUT2D eigenvalue weighted by atomic mass is 19.1. The first-order chi connectivity index (χ1) is 20.4. The topological polar surface area (TPSA) is 101 Å². The van der Waals surface area contributed by atoms with E-state index in [9.17, 15) is 14.0 Å². The van der Waals surface area contributed by atoms with Crippen molar-refractivity contribution >= 4 is 39.9 Å². The van der Waals surface area contributed by atoms with E-state index < -0.39 is 0 Å². The fourth-order valence-corrected chi connectivity index (χ4v) is 5.24. The highest BCUT2D eigenvalue weighted by molar-refractivity contribution is 6.12. The number of carbonyl (C=O) groups excluding carboxylic acids is 2. The number of aromatic nitrogens is 2. The van der Waals surface area contributed by atoms with E-state index in [0.717, 1.165) is 29.5 Å². The summed E-state index contributed by atoms with van der Waals surface area (Å²) in [5.74, 6) is -0.542. The van der Waals surface area contributed by atoms with Gasteiger partial charge in [-0.05, 0) is 85.0 Å². The minimum absolute atomic E-state index is 0.0190. The molecule has 2 amide bonds. The molecule has 0 radical (unpaired) electrons. The third-order valence-electron chi connectivity index (χ3n) is 7.56. The Hall–Kier alpha value is -5.31. The number of halogens is 1. The summed E-state index contributed by atoms with van der Waals surface area (Å²) in [6.45, 7) is 1.97. The third-order valence-corrected chi connectivity index (χ3v) is 7.56. The Morgan fingerprint density at radius 1 is 0.952 bits per heavy atom. The van der Waals surface area contributed by atoms with Crippen molar-refractivity contribution in [1.29, 1.82) is 0 Å². The van der Waals surface area contributed by atoms with Gasteiger partial charge in [0.25, 0.3) is 11.8 Å². The van der Waals surface area contributed by atoms with E-state index in [-0.39, 0.29) is 29.7 Å². The fraction of sp³-hybridized carbons (Fsp3) is 0.152. The number of aryl methyl sites for hydroxylation is 1. The molecular formula is C33H25FN4O4. The van der Waals surface area contributed by atoms with Gasteiger partial charge in [0.2, 0.25) is 0 Å². The van der Waals surface area contributed by atoms with Crippen molar-refractivity contribution in [2.24, 2.45) is 0 Å². The molecule has 8 nitrogen and oxygen atoms in total. The molecule has 1 aliphatic rings. The number of carbonyl (C=O) groups is 2. The molecule has 3 aromatic heterocycles. The molecule has 0 spiro atoms. The number of benzene rings is 3. The predicted molar refractivity (Wildman–Crippen MR) is 157 cm³/mol. The van der Waals surface area contributed by atoms with E-state index in [4.69, 9.17) is 8.83 Å². The number of nitrogens with one attached hydrogen (secondary N) is 1. The molecule has 9 heteroatoms. The molecule has 3 heterocycles. The minimum Gasteiger partial charge on any atom is -0.455 e. The molecule has 1 fully saturated rings. The molecule has 0 unspecified atom stereocenters. The van der Waals surface area contributed by atoms with Crippen molar-refractivity contribution in [2.45, 2.75) is 25.8 Å².